The zero-order valence-electron chi connectivity index (χ0n) is 14.5. The lowest BCUT2D eigenvalue weighted by molar-refractivity contribution is -0.126. The molecule has 1 aromatic heterocycles. The molecule has 3 aromatic rings. The van der Waals surface area contributed by atoms with Gasteiger partial charge in [0.05, 0.1) is 10.7 Å². The van der Waals surface area contributed by atoms with Crippen LogP contribution in [0.15, 0.2) is 66.0 Å². The fourth-order valence-corrected chi connectivity index (χ4v) is 3.59. The summed E-state index contributed by atoms with van der Waals surface area (Å²) in [6.45, 7) is 1.35. The Bertz CT molecular complexity index is 956. The summed E-state index contributed by atoms with van der Waals surface area (Å²) >= 11 is 6.60. The molecule has 0 saturated carbocycles. The van der Waals surface area contributed by atoms with E-state index in [0.717, 1.165) is 16.9 Å². The first kappa shape index (κ1) is 18.9. The number of hydrogen-bond donors (Lipinski definition) is 2. The molecule has 5 nitrogen and oxygen atoms in total. The fraction of sp³-hybridized carbons (Fsp3) is 0.100. The van der Waals surface area contributed by atoms with E-state index in [0.29, 0.717) is 5.13 Å². The topological polar surface area (TPSA) is 71.1 Å². The molecule has 136 valence electrons. The second-order valence-electron chi connectivity index (χ2n) is 5.79. The predicted molar refractivity (Wildman–Crippen MR) is 113 cm³/mol. The van der Waals surface area contributed by atoms with Gasteiger partial charge in [0.1, 0.15) is 11.7 Å². The Morgan fingerprint density at radius 1 is 1.00 bits per heavy atom. The van der Waals surface area contributed by atoms with Crippen LogP contribution in [0.4, 0.5) is 10.8 Å². The highest BCUT2D eigenvalue weighted by molar-refractivity contribution is 7.80. The summed E-state index contributed by atoms with van der Waals surface area (Å²) in [4.78, 5) is 29.2. The van der Waals surface area contributed by atoms with E-state index in [1.165, 1.54) is 18.3 Å². The van der Waals surface area contributed by atoms with Crippen LogP contribution >= 0.6 is 23.6 Å². The Morgan fingerprint density at radius 2 is 1.63 bits per heavy atom. The number of thiazole rings is 1. The van der Waals surface area contributed by atoms with Gasteiger partial charge in [0.2, 0.25) is 5.91 Å². The predicted octanol–water partition coefficient (Wildman–Crippen LogP) is 4.39. The van der Waals surface area contributed by atoms with Crippen molar-refractivity contribution < 1.29 is 9.59 Å². The highest BCUT2D eigenvalue weighted by Gasteiger charge is 2.29. The number of carbonyl (C=O) groups excluding carboxylic acids is 2. The van der Waals surface area contributed by atoms with Crippen molar-refractivity contribution in [1.29, 1.82) is 0 Å². The monoisotopic (exact) mass is 395 g/mol. The van der Waals surface area contributed by atoms with Crippen LogP contribution in [-0.4, -0.2) is 21.7 Å². The molecular weight excluding hydrogens is 378 g/mol. The van der Waals surface area contributed by atoms with E-state index in [1.807, 2.05) is 66.0 Å². The molecule has 0 aliphatic rings. The summed E-state index contributed by atoms with van der Waals surface area (Å²) in [5.41, 5.74) is 2.45. The third-order valence-corrected chi connectivity index (χ3v) is 4.87. The molecule has 1 amide bonds. The Morgan fingerprint density at radius 3 is 2.26 bits per heavy atom. The number of nitrogens with one attached hydrogen (secondary N) is 2. The van der Waals surface area contributed by atoms with Crippen molar-refractivity contribution in [2.45, 2.75) is 6.92 Å². The van der Waals surface area contributed by atoms with Crippen LogP contribution in [0.5, 0.6) is 0 Å². The van der Waals surface area contributed by atoms with Crippen LogP contribution in [0.2, 0.25) is 0 Å². The molecule has 0 aliphatic heterocycles. The lowest BCUT2D eigenvalue weighted by Crippen LogP contribution is -2.37. The summed E-state index contributed by atoms with van der Waals surface area (Å²) in [6.07, 6.45) is 0. The van der Waals surface area contributed by atoms with Gasteiger partial charge in [0.25, 0.3) is 0 Å². The van der Waals surface area contributed by atoms with E-state index >= 15 is 0 Å². The summed E-state index contributed by atoms with van der Waals surface area (Å²) in [5.74, 6) is -1.91. The molecular formula is C20H17N3O2S2. The van der Waals surface area contributed by atoms with Gasteiger partial charge in [-0.3, -0.25) is 9.59 Å². The minimum Gasteiger partial charge on any atom is -0.349 e. The van der Waals surface area contributed by atoms with E-state index in [-0.39, 0.29) is 10.8 Å². The van der Waals surface area contributed by atoms with Crippen molar-refractivity contribution in [2.24, 2.45) is 5.92 Å². The van der Waals surface area contributed by atoms with E-state index in [2.05, 4.69) is 15.6 Å². The SMILES string of the molecule is CC(=O)C(C(=O)Nc1nc(-c2ccccc2)cs1)C(=S)Nc1ccccc1. The van der Waals surface area contributed by atoms with Gasteiger partial charge in [-0.15, -0.1) is 11.3 Å². The fourth-order valence-electron chi connectivity index (χ4n) is 2.47. The lowest BCUT2D eigenvalue weighted by atomic mass is 10.0. The number of hydrogen-bond acceptors (Lipinski definition) is 5. The first-order valence-corrected chi connectivity index (χ1v) is 9.51. The molecule has 0 aliphatic carbocycles. The average molecular weight is 396 g/mol. The van der Waals surface area contributed by atoms with Crippen molar-refractivity contribution in [1.82, 2.24) is 4.98 Å². The van der Waals surface area contributed by atoms with Crippen LogP contribution in [0.25, 0.3) is 11.3 Å². The van der Waals surface area contributed by atoms with Gasteiger partial charge in [-0.1, -0.05) is 60.7 Å². The summed E-state index contributed by atoms with van der Waals surface area (Å²) in [7, 11) is 0. The number of anilines is 2. The molecule has 2 N–H and O–H groups in total. The molecule has 27 heavy (non-hydrogen) atoms. The number of amides is 1. The number of para-hydroxylation sites is 1. The van der Waals surface area contributed by atoms with Gasteiger partial charge in [-0.25, -0.2) is 4.98 Å². The second kappa shape index (κ2) is 8.66. The molecule has 1 heterocycles. The second-order valence-corrected chi connectivity index (χ2v) is 7.09. The molecule has 1 atom stereocenters. The molecule has 0 fully saturated rings. The van der Waals surface area contributed by atoms with E-state index in [9.17, 15) is 9.59 Å². The van der Waals surface area contributed by atoms with Crippen molar-refractivity contribution in [2.75, 3.05) is 10.6 Å². The number of benzene rings is 2. The van der Waals surface area contributed by atoms with E-state index < -0.39 is 11.8 Å². The third-order valence-electron chi connectivity index (χ3n) is 3.78. The van der Waals surface area contributed by atoms with Gasteiger partial charge in [0.15, 0.2) is 5.13 Å². The molecule has 7 heteroatoms. The van der Waals surface area contributed by atoms with Crippen LogP contribution in [0.1, 0.15) is 6.92 Å². The molecule has 2 aromatic carbocycles. The molecule has 0 radical (unpaired) electrons. The zero-order valence-corrected chi connectivity index (χ0v) is 16.1. The third kappa shape index (κ3) is 4.84. The first-order valence-electron chi connectivity index (χ1n) is 8.23. The molecule has 1 unspecified atom stereocenters. The quantitative estimate of drug-likeness (QED) is 0.478. The Balaban J connectivity index is 1.71. The Hall–Kier alpha value is -2.90. The number of carbonyl (C=O) groups is 2. The van der Waals surface area contributed by atoms with E-state index in [4.69, 9.17) is 12.2 Å². The van der Waals surface area contributed by atoms with Crippen molar-refractivity contribution in [3.8, 4) is 11.3 Å². The smallest absolute Gasteiger partial charge is 0.243 e. The number of aromatic nitrogens is 1. The number of Topliss-reactive ketones (excluding diaryl/α,β-unsaturated/α-hetero) is 1. The Labute approximate surface area is 166 Å². The molecule has 0 bridgehead atoms. The average Bonchev–Trinajstić information content (AvgIpc) is 3.11. The highest BCUT2D eigenvalue weighted by Crippen LogP contribution is 2.25. The normalized spacial score (nSPS) is 11.4. The van der Waals surface area contributed by atoms with Crippen molar-refractivity contribution >= 4 is 51.1 Å². The van der Waals surface area contributed by atoms with Crippen molar-refractivity contribution in [3.63, 3.8) is 0 Å². The summed E-state index contributed by atoms with van der Waals surface area (Å²) < 4.78 is 0. The number of ketones is 1. The minimum absolute atomic E-state index is 0.158. The Kier molecular flexibility index (Phi) is 6.05. The van der Waals surface area contributed by atoms with Crippen LogP contribution in [0.3, 0.4) is 0 Å². The van der Waals surface area contributed by atoms with Gasteiger partial charge >= 0.3 is 0 Å². The van der Waals surface area contributed by atoms with Gasteiger partial charge in [-0.2, -0.15) is 0 Å². The minimum atomic E-state index is -1.08. The first-order chi connectivity index (χ1) is 13.0. The lowest BCUT2D eigenvalue weighted by Gasteiger charge is -2.16. The summed E-state index contributed by atoms with van der Waals surface area (Å²) in [6, 6.07) is 18.8. The molecule has 3 rings (SSSR count). The maximum absolute atomic E-state index is 12.6. The summed E-state index contributed by atoms with van der Waals surface area (Å²) in [5, 5.41) is 7.93. The molecule has 0 spiro atoms. The number of thiocarbonyl (C=S) groups is 1. The van der Waals surface area contributed by atoms with Gasteiger partial charge in [0, 0.05) is 16.6 Å². The number of rotatable bonds is 6. The van der Waals surface area contributed by atoms with Crippen LogP contribution < -0.4 is 10.6 Å². The largest absolute Gasteiger partial charge is 0.349 e. The van der Waals surface area contributed by atoms with Crippen LogP contribution in [0, 0.1) is 5.92 Å². The van der Waals surface area contributed by atoms with Crippen LogP contribution in [-0.2, 0) is 9.59 Å². The van der Waals surface area contributed by atoms with Crippen molar-refractivity contribution in [3.05, 3.63) is 66.0 Å². The van der Waals surface area contributed by atoms with Gasteiger partial charge < -0.3 is 10.6 Å². The molecule has 0 saturated heterocycles. The zero-order chi connectivity index (χ0) is 19.2. The number of nitrogens with zero attached hydrogens (tertiary/aromatic N) is 1. The standard InChI is InChI=1S/C20H17N3O2S2/c1-13(24)17(19(26)21-15-10-6-3-7-11-15)18(25)23-20-22-16(12-27-20)14-8-4-2-5-9-14/h2-12,17H,1H3,(H,21,26)(H,22,23,25). The maximum Gasteiger partial charge on any atom is 0.243 e. The maximum atomic E-state index is 12.6. The highest BCUT2D eigenvalue weighted by atomic mass is 32.1. The van der Waals surface area contributed by atoms with E-state index in [1.54, 1.807) is 0 Å². The van der Waals surface area contributed by atoms with Gasteiger partial charge in [-0.05, 0) is 19.1 Å².